The van der Waals surface area contributed by atoms with E-state index in [9.17, 15) is 14.4 Å². The molecule has 4 heterocycles. The molecule has 1 aromatic carbocycles. The molecule has 1 aliphatic carbocycles. The average molecular weight is 567 g/mol. The van der Waals surface area contributed by atoms with Crippen LogP contribution in [0, 0.1) is 17.3 Å². The summed E-state index contributed by atoms with van der Waals surface area (Å²) in [5.41, 5.74) is 1.56. The first-order valence-corrected chi connectivity index (χ1v) is 14.6. The van der Waals surface area contributed by atoms with E-state index in [0.717, 1.165) is 49.6 Å². The zero-order valence-corrected chi connectivity index (χ0v) is 23.8. The fraction of sp³-hybridized carbons (Fsp3) is 0.633. The molecule has 6 rings (SSSR count). The molecule has 2 amide bonds. The van der Waals surface area contributed by atoms with Crippen LogP contribution in [0.15, 0.2) is 18.2 Å². The number of carbonyl (C=O) groups excluding carboxylic acids is 3. The Labute approximate surface area is 239 Å². The van der Waals surface area contributed by atoms with Crippen LogP contribution < -0.4 is 14.8 Å². The summed E-state index contributed by atoms with van der Waals surface area (Å²) < 4.78 is 23.0. The van der Waals surface area contributed by atoms with Gasteiger partial charge in [-0.3, -0.25) is 4.79 Å². The number of aryl methyl sites for hydroxylation is 1. The number of amides is 2. The summed E-state index contributed by atoms with van der Waals surface area (Å²) >= 11 is 0. The predicted molar refractivity (Wildman–Crippen MR) is 148 cm³/mol. The van der Waals surface area contributed by atoms with Crippen molar-refractivity contribution in [3.8, 4) is 11.6 Å². The average Bonchev–Trinajstić information content (AvgIpc) is 3.60. The van der Waals surface area contributed by atoms with Crippen LogP contribution in [0.1, 0.15) is 51.6 Å². The van der Waals surface area contributed by atoms with Gasteiger partial charge in [-0.1, -0.05) is 26.7 Å². The highest BCUT2D eigenvalue weighted by Gasteiger charge is 2.52. The van der Waals surface area contributed by atoms with Gasteiger partial charge in [-0.15, -0.1) is 0 Å². The SMILES string of the molecule is COc1ccc2nc3c(nc2c1)O[C@H]1CN(C(=O)[C@H](C2(C)COC2)NC(=O)O[C@@H]2C[C@H]2CCCCC3)[C@H](C=O)[C@@H]1C. The van der Waals surface area contributed by atoms with E-state index in [0.29, 0.717) is 42.7 Å². The molecule has 3 fully saturated rings. The van der Waals surface area contributed by atoms with Gasteiger partial charge < -0.3 is 34.0 Å². The number of hydrogen-bond acceptors (Lipinski definition) is 9. The van der Waals surface area contributed by atoms with E-state index >= 15 is 0 Å². The summed E-state index contributed by atoms with van der Waals surface area (Å²) in [4.78, 5) is 50.5. The fourth-order valence-electron chi connectivity index (χ4n) is 6.27. The number of fused-ring (bicyclic) bond motifs is 5. The van der Waals surface area contributed by atoms with Crippen molar-refractivity contribution in [2.75, 3.05) is 26.9 Å². The van der Waals surface area contributed by atoms with Crippen molar-refractivity contribution in [2.24, 2.45) is 17.3 Å². The quantitative estimate of drug-likeness (QED) is 0.557. The van der Waals surface area contributed by atoms with Crippen LogP contribution in [0.25, 0.3) is 11.0 Å². The summed E-state index contributed by atoms with van der Waals surface area (Å²) in [6.07, 6.45) is 5.02. The largest absolute Gasteiger partial charge is 0.497 e. The van der Waals surface area contributed by atoms with E-state index in [4.69, 9.17) is 28.9 Å². The maximum absolute atomic E-state index is 14.0. The standard InChI is InChI=1S/C30H38N4O7/c1-17-23(14-35)34-13-25(17)40-27-21(31-20-10-9-19(38-3)12-22(20)32-27)8-6-4-5-7-18-11-24(18)41-29(37)33-26(28(34)36)30(2)15-39-16-30/h9-10,12,14,17-18,23-26H,4-8,11,13,15-16H2,1-3H3,(H,33,37)/t17-,18+,23+,24+,25-,26+/m0/s1. The number of nitrogens with zero attached hydrogens (tertiary/aromatic N) is 3. The number of benzene rings is 1. The highest BCUT2D eigenvalue weighted by atomic mass is 16.6. The zero-order valence-electron chi connectivity index (χ0n) is 23.8. The first kappa shape index (κ1) is 27.7. The molecule has 3 aliphatic heterocycles. The van der Waals surface area contributed by atoms with Gasteiger partial charge in [0.05, 0.1) is 43.9 Å². The molecule has 220 valence electrons. The van der Waals surface area contributed by atoms with E-state index in [1.165, 1.54) is 4.90 Å². The fourth-order valence-corrected chi connectivity index (χ4v) is 6.27. The molecule has 41 heavy (non-hydrogen) atoms. The molecule has 1 N–H and O–H groups in total. The normalized spacial score (nSPS) is 31.7. The number of alkyl carbamates (subject to hydrolysis) is 1. The Bertz CT molecular complexity index is 1330. The van der Waals surface area contributed by atoms with Crippen molar-refractivity contribution in [1.82, 2.24) is 20.2 Å². The van der Waals surface area contributed by atoms with Crippen LogP contribution >= 0.6 is 0 Å². The third kappa shape index (κ3) is 5.43. The predicted octanol–water partition coefficient (Wildman–Crippen LogP) is 3.07. The smallest absolute Gasteiger partial charge is 0.408 e. The minimum absolute atomic E-state index is 0.127. The molecule has 0 radical (unpaired) electrons. The van der Waals surface area contributed by atoms with E-state index < -0.39 is 29.7 Å². The molecular formula is C30H38N4O7. The lowest BCUT2D eigenvalue weighted by Crippen LogP contribution is -2.63. The van der Waals surface area contributed by atoms with E-state index in [2.05, 4.69) is 5.32 Å². The lowest BCUT2D eigenvalue weighted by Gasteiger charge is -2.44. The first-order valence-electron chi connectivity index (χ1n) is 14.6. The minimum atomic E-state index is -0.892. The van der Waals surface area contributed by atoms with Crippen LogP contribution in [-0.4, -0.2) is 84.3 Å². The second-order valence-electron chi connectivity index (χ2n) is 12.2. The minimum Gasteiger partial charge on any atom is -0.497 e. The Morgan fingerprint density at radius 2 is 1.93 bits per heavy atom. The van der Waals surface area contributed by atoms with Crippen molar-refractivity contribution < 1.29 is 33.3 Å². The Kier molecular flexibility index (Phi) is 7.48. The molecule has 0 spiro atoms. The molecule has 11 heteroatoms. The molecule has 0 unspecified atom stereocenters. The molecule has 2 aromatic rings. The number of methoxy groups -OCH3 is 1. The summed E-state index contributed by atoms with van der Waals surface area (Å²) in [5, 5.41) is 2.84. The molecular weight excluding hydrogens is 528 g/mol. The maximum atomic E-state index is 14.0. The lowest BCUT2D eigenvalue weighted by atomic mass is 9.79. The third-order valence-corrected chi connectivity index (χ3v) is 9.13. The summed E-state index contributed by atoms with van der Waals surface area (Å²) in [6, 6.07) is 3.96. The van der Waals surface area contributed by atoms with Crippen molar-refractivity contribution in [3.63, 3.8) is 0 Å². The Morgan fingerprint density at radius 3 is 2.66 bits per heavy atom. The second-order valence-corrected chi connectivity index (χ2v) is 12.2. The van der Waals surface area contributed by atoms with Crippen LogP contribution in [0.4, 0.5) is 4.79 Å². The molecule has 11 nitrogen and oxygen atoms in total. The first-order chi connectivity index (χ1) is 19.8. The van der Waals surface area contributed by atoms with Crippen LogP contribution in [0.3, 0.4) is 0 Å². The van der Waals surface area contributed by atoms with Gasteiger partial charge in [-0.05, 0) is 43.7 Å². The molecule has 1 aromatic heterocycles. The van der Waals surface area contributed by atoms with Gasteiger partial charge in [0.25, 0.3) is 0 Å². The number of hydrogen-bond donors (Lipinski definition) is 1. The number of nitrogens with one attached hydrogen (secondary N) is 1. The highest BCUT2D eigenvalue weighted by molar-refractivity contribution is 5.89. The Morgan fingerprint density at radius 1 is 1.10 bits per heavy atom. The molecule has 4 aliphatic rings. The van der Waals surface area contributed by atoms with Gasteiger partial charge in [0, 0.05) is 17.4 Å². The summed E-state index contributed by atoms with van der Waals surface area (Å²) in [5.74, 6) is 0.779. The zero-order chi connectivity index (χ0) is 28.7. The molecule has 2 bridgehead atoms. The van der Waals surface area contributed by atoms with Crippen molar-refractivity contribution in [3.05, 3.63) is 23.9 Å². The van der Waals surface area contributed by atoms with E-state index in [1.54, 1.807) is 7.11 Å². The van der Waals surface area contributed by atoms with Gasteiger partial charge in [0.2, 0.25) is 11.8 Å². The molecule has 2 saturated heterocycles. The molecule has 1 saturated carbocycles. The van der Waals surface area contributed by atoms with Gasteiger partial charge in [0.15, 0.2) is 0 Å². The van der Waals surface area contributed by atoms with Gasteiger partial charge in [0.1, 0.15) is 36.0 Å². The Hall–Kier alpha value is -3.47. The van der Waals surface area contributed by atoms with Gasteiger partial charge >= 0.3 is 6.09 Å². The number of carbonyl (C=O) groups is 3. The van der Waals surface area contributed by atoms with Gasteiger partial charge in [-0.25, -0.2) is 14.8 Å². The highest BCUT2D eigenvalue weighted by Crippen LogP contribution is 2.39. The van der Waals surface area contributed by atoms with E-state index in [-0.39, 0.29) is 24.5 Å². The topological polar surface area (TPSA) is 129 Å². The van der Waals surface area contributed by atoms with Crippen LogP contribution in [0.2, 0.25) is 0 Å². The summed E-state index contributed by atoms with van der Waals surface area (Å²) in [7, 11) is 1.60. The third-order valence-electron chi connectivity index (χ3n) is 9.13. The maximum Gasteiger partial charge on any atom is 0.408 e. The number of rotatable bonds is 3. The monoisotopic (exact) mass is 566 g/mol. The second kappa shape index (κ2) is 11.1. The lowest BCUT2D eigenvalue weighted by molar-refractivity contribution is -0.157. The van der Waals surface area contributed by atoms with Crippen molar-refractivity contribution in [2.45, 2.75) is 76.7 Å². The van der Waals surface area contributed by atoms with Crippen molar-refractivity contribution >= 4 is 29.3 Å². The van der Waals surface area contributed by atoms with Gasteiger partial charge in [-0.2, -0.15) is 0 Å². The van der Waals surface area contributed by atoms with Crippen LogP contribution in [0.5, 0.6) is 11.6 Å². The molecule has 6 atom stereocenters. The number of aromatic nitrogens is 2. The summed E-state index contributed by atoms with van der Waals surface area (Å²) in [6.45, 7) is 4.62. The van der Waals surface area contributed by atoms with Crippen molar-refractivity contribution in [1.29, 1.82) is 0 Å². The number of ether oxygens (including phenoxy) is 4. The number of aldehydes is 1. The van der Waals surface area contributed by atoms with E-state index in [1.807, 2.05) is 32.0 Å². The Balaban J connectivity index is 1.33. The van der Waals surface area contributed by atoms with Crippen LogP contribution in [-0.2, 0) is 25.5 Å².